The van der Waals surface area contributed by atoms with Gasteiger partial charge in [0.2, 0.25) is 0 Å². The Morgan fingerprint density at radius 1 is 1.05 bits per heavy atom. The number of hydrogen-bond acceptors (Lipinski definition) is 3. The lowest BCUT2D eigenvalue weighted by molar-refractivity contribution is 0.601. The quantitative estimate of drug-likeness (QED) is 0.892. The van der Waals surface area contributed by atoms with Crippen LogP contribution < -0.4 is 10.0 Å². The summed E-state index contributed by atoms with van der Waals surface area (Å²) in [5, 5.41) is 3.14. The summed E-state index contributed by atoms with van der Waals surface area (Å²) in [5.74, 6) is 0. The van der Waals surface area contributed by atoms with Crippen LogP contribution in [-0.4, -0.2) is 15.5 Å². The molecular formula is C16H20N2O2S. The van der Waals surface area contributed by atoms with Gasteiger partial charge in [0.1, 0.15) is 0 Å². The maximum Gasteiger partial charge on any atom is 0.261 e. The standard InChI is InChI=1S/C16H20N2O2S/c1-12-5-4-6-16(11-12)21(19,20)18-15-9-7-14(8-10-15)13(2)17-3/h4-11,13,17-18H,1-3H3. The van der Waals surface area contributed by atoms with Crippen LogP contribution in [0.5, 0.6) is 0 Å². The minimum Gasteiger partial charge on any atom is -0.313 e. The van der Waals surface area contributed by atoms with E-state index in [4.69, 9.17) is 0 Å². The summed E-state index contributed by atoms with van der Waals surface area (Å²) in [6, 6.07) is 14.5. The molecule has 0 aliphatic heterocycles. The highest BCUT2D eigenvalue weighted by Crippen LogP contribution is 2.19. The second-order valence-corrected chi connectivity index (χ2v) is 6.74. The molecule has 0 saturated heterocycles. The Hall–Kier alpha value is -1.85. The lowest BCUT2D eigenvalue weighted by atomic mass is 10.1. The molecule has 0 saturated carbocycles. The predicted molar refractivity (Wildman–Crippen MR) is 85.9 cm³/mol. The first-order valence-electron chi connectivity index (χ1n) is 6.79. The van der Waals surface area contributed by atoms with Crippen LogP contribution in [0.4, 0.5) is 5.69 Å². The maximum atomic E-state index is 12.3. The second-order valence-electron chi connectivity index (χ2n) is 5.05. The van der Waals surface area contributed by atoms with E-state index < -0.39 is 10.0 Å². The average Bonchev–Trinajstić information content (AvgIpc) is 2.47. The smallest absolute Gasteiger partial charge is 0.261 e. The molecule has 2 aromatic carbocycles. The van der Waals surface area contributed by atoms with Gasteiger partial charge in [0.25, 0.3) is 10.0 Å². The van der Waals surface area contributed by atoms with Gasteiger partial charge in [0.15, 0.2) is 0 Å². The fourth-order valence-electron chi connectivity index (χ4n) is 2.00. The van der Waals surface area contributed by atoms with Gasteiger partial charge in [0.05, 0.1) is 4.90 Å². The van der Waals surface area contributed by atoms with Gasteiger partial charge in [-0.1, -0.05) is 24.3 Å². The monoisotopic (exact) mass is 304 g/mol. The molecule has 2 aromatic rings. The summed E-state index contributed by atoms with van der Waals surface area (Å²) in [4.78, 5) is 0.273. The minimum atomic E-state index is -3.54. The second kappa shape index (κ2) is 6.28. The molecule has 0 bridgehead atoms. The fourth-order valence-corrected chi connectivity index (χ4v) is 3.17. The van der Waals surface area contributed by atoms with Crippen LogP contribution in [0.15, 0.2) is 53.4 Å². The molecule has 1 unspecified atom stereocenters. The van der Waals surface area contributed by atoms with Crippen molar-refractivity contribution < 1.29 is 8.42 Å². The zero-order valence-corrected chi connectivity index (χ0v) is 13.2. The molecule has 0 aliphatic rings. The van der Waals surface area contributed by atoms with Crippen molar-refractivity contribution in [1.29, 1.82) is 0 Å². The highest BCUT2D eigenvalue weighted by atomic mass is 32.2. The Bertz CT molecular complexity index is 709. The third-order valence-corrected chi connectivity index (χ3v) is 4.77. The van der Waals surface area contributed by atoms with E-state index in [1.807, 2.05) is 39.1 Å². The van der Waals surface area contributed by atoms with E-state index in [0.717, 1.165) is 11.1 Å². The normalized spacial score (nSPS) is 12.9. The van der Waals surface area contributed by atoms with Crippen LogP contribution in [-0.2, 0) is 10.0 Å². The van der Waals surface area contributed by atoms with E-state index in [0.29, 0.717) is 5.69 Å². The Balaban J connectivity index is 2.21. The van der Waals surface area contributed by atoms with Crippen LogP contribution in [0, 0.1) is 6.92 Å². The van der Waals surface area contributed by atoms with E-state index in [9.17, 15) is 8.42 Å². The molecule has 2 N–H and O–H groups in total. The van der Waals surface area contributed by atoms with Crippen LogP contribution in [0.3, 0.4) is 0 Å². The highest BCUT2D eigenvalue weighted by molar-refractivity contribution is 7.92. The fraction of sp³-hybridized carbons (Fsp3) is 0.250. The summed E-state index contributed by atoms with van der Waals surface area (Å²) in [5.41, 5.74) is 2.58. The zero-order valence-electron chi connectivity index (χ0n) is 12.4. The van der Waals surface area contributed by atoms with Crippen molar-refractivity contribution in [3.05, 3.63) is 59.7 Å². The number of sulfonamides is 1. The molecule has 2 rings (SSSR count). The first kappa shape index (κ1) is 15.5. The SMILES string of the molecule is CNC(C)c1ccc(NS(=O)(=O)c2cccc(C)c2)cc1. The number of rotatable bonds is 5. The summed E-state index contributed by atoms with van der Waals surface area (Å²) in [6.07, 6.45) is 0. The summed E-state index contributed by atoms with van der Waals surface area (Å²) in [6.45, 7) is 3.92. The van der Waals surface area contributed by atoms with E-state index >= 15 is 0 Å². The van der Waals surface area contributed by atoms with Crippen molar-refractivity contribution in [2.75, 3.05) is 11.8 Å². The largest absolute Gasteiger partial charge is 0.313 e. The third-order valence-electron chi connectivity index (χ3n) is 3.40. The Morgan fingerprint density at radius 3 is 2.29 bits per heavy atom. The summed E-state index contributed by atoms with van der Waals surface area (Å²) >= 11 is 0. The molecule has 4 nitrogen and oxygen atoms in total. The van der Waals surface area contributed by atoms with E-state index in [1.165, 1.54) is 0 Å². The van der Waals surface area contributed by atoms with Crippen LogP contribution in [0.25, 0.3) is 0 Å². The number of benzene rings is 2. The number of nitrogens with one attached hydrogen (secondary N) is 2. The molecular weight excluding hydrogens is 284 g/mol. The van der Waals surface area contributed by atoms with Crippen molar-refractivity contribution in [1.82, 2.24) is 5.32 Å². The maximum absolute atomic E-state index is 12.3. The minimum absolute atomic E-state index is 0.229. The van der Waals surface area contributed by atoms with Gasteiger partial charge in [-0.15, -0.1) is 0 Å². The Labute approximate surface area is 126 Å². The molecule has 0 aromatic heterocycles. The average molecular weight is 304 g/mol. The predicted octanol–water partition coefficient (Wildman–Crippen LogP) is 3.08. The molecule has 21 heavy (non-hydrogen) atoms. The van der Waals surface area contributed by atoms with Crippen molar-refractivity contribution in [2.24, 2.45) is 0 Å². The van der Waals surface area contributed by atoms with E-state index in [1.54, 1.807) is 30.3 Å². The van der Waals surface area contributed by atoms with Gasteiger partial charge in [-0.25, -0.2) is 8.42 Å². The summed E-state index contributed by atoms with van der Waals surface area (Å²) < 4.78 is 27.2. The van der Waals surface area contributed by atoms with Gasteiger partial charge >= 0.3 is 0 Å². The number of aryl methyl sites for hydroxylation is 1. The highest BCUT2D eigenvalue weighted by Gasteiger charge is 2.14. The molecule has 0 heterocycles. The molecule has 5 heteroatoms. The number of hydrogen-bond donors (Lipinski definition) is 2. The van der Waals surface area contributed by atoms with Crippen LogP contribution in [0.1, 0.15) is 24.1 Å². The lowest BCUT2D eigenvalue weighted by Gasteiger charge is -2.12. The molecule has 0 radical (unpaired) electrons. The molecule has 0 aliphatic carbocycles. The van der Waals surface area contributed by atoms with Crippen LogP contribution in [0.2, 0.25) is 0 Å². The van der Waals surface area contributed by atoms with Gasteiger partial charge < -0.3 is 5.32 Å². The Kier molecular flexibility index (Phi) is 4.65. The van der Waals surface area contributed by atoms with Gasteiger partial charge in [-0.2, -0.15) is 0 Å². The first-order chi connectivity index (χ1) is 9.92. The molecule has 0 amide bonds. The molecule has 1 atom stereocenters. The first-order valence-corrected chi connectivity index (χ1v) is 8.27. The van der Waals surface area contributed by atoms with Gasteiger partial charge in [-0.3, -0.25) is 4.72 Å². The van der Waals surface area contributed by atoms with Crippen molar-refractivity contribution in [2.45, 2.75) is 24.8 Å². The molecule has 0 spiro atoms. The van der Waals surface area contributed by atoms with E-state index in [-0.39, 0.29) is 10.9 Å². The van der Waals surface area contributed by atoms with Crippen molar-refractivity contribution in [3.8, 4) is 0 Å². The molecule has 112 valence electrons. The van der Waals surface area contributed by atoms with E-state index in [2.05, 4.69) is 10.0 Å². The Morgan fingerprint density at radius 2 is 1.71 bits per heavy atom. The number of anilines is 1. The van der Waals surface area contributed by atoms with Crippen molar-refractivity contribution >= 4 is 15.7 Å². The van der Waals surface area contributed by atoms with Crippen LogP contribution >= 0.6 is 0 Å². The zero-order chi connectivity index (χ0) is 15.5. The van der Waals surface area contributed by atoms with Gasteiger partial charge in [-0.05, 0) is 56.3 Å². The topological polar surface area (TPSA) is 58.2 Å². The molecule has 0 fully saturated rings. The van der Waals surface area contributed by atoms with Gasteiger partial charge in [0, 0.05) is 11.7 Å². The lowest BCUT2D eigenvalue weighted by Crippen LogP contribution is -2.14. The summed E-state index contributed by atoms with van der Waals surface area (Å²) in [7, 11) is -1.65. The van der Waals surface area contributed by atoms with Crippen molar-refractivity contribution in [3.63, 3.8) is 0 Å². The third kappa shape index (κ3) is 3.83.